The number of hydrogen-bond acceptors (Lipinski definition) is 3. The summed E-state index contributed by atoms with van der Waals surface area (Å²) in [5.41, 5.74) is 0.209. The zero-order chi connectivity index (χ0) is 14.4. The van der Waals surface area contributed by atoms with E-state index in [0.29, 0.717) is 4.47 Å². The Bertz CT molecular complexity index is 540. The van der Waals surface area contributed by atoms with Crippen molar-refractivity contribution in [3.63, 3.8) is 0 Å². The van der Waals surface area contributed by atoms with Gasteiger partial charge in [-0.15, -0.1) is 0 Å². The molecule has 0 aliphatic heterocycles. The normalized spacial score (nSPS) is 9.53. The van der Waals surface area contributed by atoms with Crippen molar-refractivity contribution >= 4 is 33.6 Å². The molecule has 1 aromatic carbocycles. The fraction of sp³-hybridized carbons (Fsp3) is 0.250. The number of carbonyl (C=O) groups is 2. The predicted octanol–water partition coefficient (Wildman–Crippen LogP) is 2.52. The standard InChI is InChI=1S/C12H12BrN3O3/c1-16(6-2-5-14)12(19)15-10-7-8(13)3-4-9(10)11(17)18/h3-4,7H,2,6H2,1H3,(H,15,19)(H,17,18). The maximum absolute atomic E-state index is 11.8. The molecule has 0 bridgehead atoms. The van der Waals surface area contributed by atoms with Crippen molar-refractivity contribution in [2.45, 2.75) is 6.42 Å². The SMILES string of the molecule is CN(CCC#N)C(=O)Nc1cc(Br)ccc1C(=O)O. The Morgan fingerprint density at radius 3 is 2.79 bits per heavy atom. The minimum Gasteiger partial charge on any atom is -0.478 e. The first kappa shape index (κ1) is 15.0. The fourth-order valence-electron chi connectivity index (χ4n) is 1.34. The van der Waals surface area contributed by atoms with E-state index < -0.39 is 12.0 Å². The molecule has 2 amide bonds. The molecule has 0 aromatic heterocycles. The molecule has 1 rings (SSSR count). The van der Waals surface area contributed by atoms with Crippen molar-refractivity contribution in [2.24, 2.45) is 0 Å². The third-order valence-corrected chi connectivity index (χ3v) is 2.85. The highest BCUT2D eigenvalue weighted by Gasteiger charge is 2.15. The lowest BCUT2D eigenvalue weighted by molar-refractivity contribution is 0.0698. The van der Waals surface area contributed by atoms with Crippen LogP contribution in [0.5, 0.6) is 0 Å². The summed E-state index contributed by atoms with van der Waals surface area (Å²) in [6.45, 7) is 0.277. The van der Waals surface area contributed by atoms with Gasteiger partial charge in [0, 0.05) is 18.1 Å². The van der Waals surface area contributed by atoms with E-state index in [1.165, 1.54) is 24.1 Å². The van der Waals surface area contributed by atoms with E-state index in [9.17, 15) is 9.59 Å². The fourth-order valence-corrected chi connectivity index (χ4v) is 1.70. The maximum atomic E-state index is 11.8. The average Bonchev–Trinajstić information content (AvgIpc) is 2.35. The van der Waals surface area contributed by atoms with Crippen LogP contribution >= 0.6 is 15.9 Å². The van der Waals surface area contributed by atoms with Crippen molar-refractivity contribution in [1.82, 2.24) is 4.90 Å². The summed E-state index contributed by atoms with van der Waals surface area (Å²) in [6, 6.07) is 5.97. The van der Waals surface area contributed by atoms with Crippen LogP contribution in [0.3, 0.4) is 0 Å². The van der Waals surface area contributed by atoms with Gasteiger partial charge in [-0.1, -0.05) is 15.9 Å². The minimum atomic E-state index is -1.12. The van der Waals surface area contributed by atoms with Gasteiger partial charge in [0.2, 0.25) is 0 Å². The van der Waals surface area contributed by atoms with Crippen molar-refractivity contribution in [3.8, 4) is 6.07 Å². The summed E-state index contributed by atoms with van der Waals surface area (Å²) in [7, 11) is 1.53. The number of carbonyl (C=O) groups excluding carboxylic acids is 1. The topological polar surface area (TPSA) is 93.4 Å². The highest BCUT2D eigenvalue weighted by atomic mass is 79.9. The van der Waals surface area contributed by atoms with Gasteiger partial charge >= 0.3 is 12.0 Å². The Labute approximate surface area is 118 Å². The first-order valence-electron chi connectivity index (χ1n) is 5.37. The van der Waals surface area contributed by atoms with Gasteiger partial charge in [0.15, 0.2) is 0 Å². The van der Waals surface area contributed by atoms with E-state index in [2.05, 4.69) is 21.2 Å². The molecule has 0 unspecified atom stereocenters. The van der Waals surface area contributed by atoms with Crippen LogP contribution in [0.4, 0.5) is 10.5 Å². The monoisotopic (exact) mass is 325 g/mol. The molecule has 0 saturated carbocycles. The highest BCUT2D eigenvalue weighted by Crippen LogP contribution is 2.21. The van der Waals surface area contributed by atoms with Crippen LogP contribution in [0.25, 0.3) is 0 Å². The second kappa shape index (κ2) is 6.75. The van der Waals surface area contributed by atoms with Crippen molar-refractivity contribution in [2.75, 3.05) is 18.9 Å². The van der Waals surface area contributed by atoms with Crippen LogP contribution in [0.15, 0.2) is 22.7 Å². The molecule has 0 aliphatic rings. The Hall–Kier alpha value is -2.07. The number of nitrogens with one attached hydrogen (secondary N) is 1. The van der Waals surface area contributed by atoms with Crippen LogP contribution < -0.4 is 5.32 Å². The number of anilines is 1. The number of hydrogen-bond donors (Lipinski definition) is 2. The Kier molecular flexibility index (Phi) is 5.33. The number of carboxylic acids is 1. The summed E-state index contributed by atoms with van der Waals surface area (Å²) < 4.78 is 0.660. The number of rotatable bonds is 4. The lowest BCUT2D eigenvalue weighted by Gasteiger charge is -2.17. The lowest BCUT2D eigenvalue weighted by Crippen LogP contribution is -2.32. The summed E-state index contributed by atoms with van der Waals surface area (Å²) in [4.78, 5) is 24.1. The molecule has 2 N–H and O–H groups in total. The Morgan fingerprint density at radius 1 is 1.53 bits per heavy atom. The molecule has 0 spiro atoms. The smallest absolute Gasteiger partial charge is 0.337 e. The summed E-state index contributed by atoms with van der Waals surface area (Å²) in [5.74, 6) is -1.12. The third-order valence-electron chi connectivity index (χ3n) is 2.36. The van der Waals surface area contributed by atoms with E-state index in [1.54, 1.807) is 6.07 Å². The van der Waals surface area contributed by atoms with Gasteiger partial charge in [-0.2, -0.15) is 5.26 Å². The zero-order valence-electron chi connectivity index (χ0n) is 10.2. The molecule has 6 nitrogen and oxygen atoms in total. The molecule has 0 radical (unpaired) electrons. The van der Waals surface area contributed by atoms with E-state index in [1.807, 2.05) is 6.07 Å². The molecule has 19 heavy (non-hydrogen) atoms. The molecule has 0 heterocycles. The number of amides is 2. The second-order valence-corrected chi connectivity index (χ2v) is 4.67. The number of nitrogens with zero attached hydrogens (tertiary/aromatic N) is 2. The largest absolute Gasteiger partial charge is 0.478 e. The van der Waals surface area contributed by atoms with E-state index in [-0.39, 0.29) is 24.2 Å². The first-order valence-corrected chi connectivity index (χ1v) is 6.17. The van der Waals surface area contributed by atoms with Crippen molar-refractivity contribution < 1.29 is 14.7 Å². The van der Waals surface area contributed by atoms with Gasteiger partial charge in [0.05, 0.1) is 23.7 Å². The number of nitriles is 1. The van der Waals surface area contributed by atoms with Gasteiger partial charge in [0.1, 0.15) is 0 Å². The molecule has 7 heteroatoms. The number of aromatic carboxylic acids is 1. The van der Waals surface area contributed by atoms with Crippen molar-refractivity contribution in [3.05, 3.63) is 28.2 Å². The van der Waals surface area contributed by atoms with Gasteiger partial charge < -0.3 is 15.3 Å². The molecule has 0 fully saturated rings. The Morgan fingerprint density at radius 2 is 2.21 bits per heavy atom. The quantitative estimate of drug-likeness (QED) is 0.889. The third kappa shape index (κ3) is 4.26. The van der Waals surface area contributed by atoms with Gasteiger partial charge in [-0.25, -0.2) is 9.59 Å². The molecule has 0 aliphatic carbocycles. The lowest BCUT2D eigenvalue weighted by atomic mass is 10.2. The van der Waals surface area contributed by atoms with Crippen molar-refractivity contribution in [1.29, 1.82) is 5.26 Å². The van der Waals surface area contributed by atoms with Crippen LogP contribution in [0, 0.1) is 11.3 Å². The number of urea groups is 1. The van der Waals surface area contributed by atoms with Crippen LogP contribution in [-0.2, 0) is 0 Å². The summed E-state index contributed by atoms with van der Waals surface area (Å²) in [6.07, 6.45) is 0.216. The van der Waals surface area contributed by atoms with E-state index in [0.717, 1.165) is 0 Å². The average molecular weight is 326 g/mol. The molecule has 1 aromatic rings. The molecule has 100 valence electrons. The first-order chi connectivity index (χ1) is 8.95. The molecule has 0 saturated heterocycles. The molecule has 0 atom stereocenters. The molecular weight excluding hydrogens is 314 g/mol. The number of carboxylic acid groups (broad SMARTS) is 1. The Balaban J connectivity index is 2.87. The van der Waals surface area contributed by atoms with Gasteiger partial charge in [-0.3, -0.25) is 0 Å². The summed E-state index contributed by atoms with van der Waals surface area (Å²) >= 11 is 3.21. The van der Waals surface area contributed by atoms with Gasteiger partial charge in [-0.05, 0) is 18.2 Å². The maximum Gasteiger partial charge on any atom is 0.337 e. The number of halogens is 1. The summed E-state index contributed by atoms with van der Waals surface area (Å²) in [5, 5.41) is 20.0. The van der Waals surface area contributed by atoms with Crippen LogP contribution in [0.1, 0.15) is 16.8 Å². The minimum absolute atomic E-state index is 0.00485. The van der Waals surface area contributed by atoms with Crippen LogP contribution in [0.2, 0.25) is 0 Å². The highest BCUT2D eigenvalue weighted by molar-refractivity contribution is 9.10. The van der Waals surface area contributed by atoms with Gasteiger partial charge in [0.25, 0.3) is 0 Å². The second-order valence-electron chi connectivity index (χ2n) is 3.75. The van der Waals surface area contributed by atoms with Crippen LogP contribution in [-0.4, -0.2) is 35.6 Å². The number of benzene rings is 1. The zero-order valence-corrected chi connectivity index (χ0v) is 11.8. The predicted molar refractivity (Wildman–Crippen MR) is 73.0 cm³/mol. The molecular formula is C12H12BrN3O3. The van der Waals surface area contributed by atoms with E-state index in [4.69, 9.17) is 10.4 Å². The van der Waals surface area contributed by atoms with E-state index >= 15 is 0 Å².